The molecule has 0 saturated carbocycles. The zero-order valence-electron chi connectivity index (χ0n) is 14.1. The molecule has 0 aromatic carbocycles. The number of hydrogen-bond donors (Lipinski definition) is 2. The smallest absolute Gasteiger partial charge is 0.267 e. The standard InChI is InChI=1S/C15H31NO4S2/c1-4-5-6-7-8-9-11-21-12-10-14(17)16-15(2,3)13-22(18,19)20/h4-13H2,1-3H3,(H,16,17)(H,18,19,20). The summed E-state index contributed by atoms with van der Waals surface area (Å²) in [4.78, 5) is 11.8. The number of thioether (sulfide) groups is 1. The Hall–Kier alpha value is -0.270. The van der Waals surface area contributed by atoms with Crippen molar-refractivity contribution in [2.75, 3.05) is 17.3 Å². The second kappa shape index (κ2) is 11.3. The first-order valence-electron chi connectivity index (χ1n) is 8.00. The van der Waals surface area contributed by atoms with Crippen LogP contribution in [0.25, 0.3) is 0 Å². The molecule has 132 valence electrons. The summed E-state index contributed by atoms with van der Waals surface area (Å²) in [5.41, 5.74) is -0.950. The van der Waals surface area contributed by atoms with Crippen LogP contribution in [0, 0.1) is 0 Å². The van der Waals surface area contributed by atoms with Crippen molar-refractivity contribution >= 4 is 27.8 Å². The molecule has 0 rings (SSSR count). The number of nitrogens with one attached hydrogen (secondary N) is 1. The predicted molar refractivity (Wildman–Crippen MR) is 94.0 cm³/mol. The van der Waals surface area contributed by atoms with Gasteiger partial charge in [0.15, 0.2) is 0 Å². The normalized spacial score (nSPS) is 12.4. The fourth-order valence-electron chi connectivity index (χ4n) is 2.18. The Morgan fingerprint density at radius 2 is 1.68 bits per heavy atom. The molecule has 0 heterocycles. The lowest BCUT2D eigenvalue weighted by molar-refractivity contribution is -0.122. The van der Waals surface area contributed by atoms with E-state index in [2.05, 4.69) is 12.2 Å². The van der Waals surface area contributed by atoms with E-state index in [1.165, 1.54) is 38.5 Å². The molecule has 5 nitrogen and oxygen atoms in total. The van der Waals surface area contributed by atoms with E-state index in [9.17, 15) is 13.2 Å². The second-order valence-electron chi connectivity index (χ2n) is 6.29. The average molecular weight is 354 g/mol. The number of unbranched alkanes of at least 4 members (excludes halogenated alkanes) is 5. The molecule has 0 aliphatic rings. The summed E-state index contributed by atoms with van der Waals surface area (Å²) in [5.74, 6) is 1.15. The lowest BCUT2D eigenvalue weighted by atomic mass is 10.1. The van der Waals surface area contributed by atoms with Crippen LogP contribution in [0.15, 0.2) is 0 Å². The minimum atomic E-state index is -4.09. The van der Waals surface area contributed by atoms with Gasteiger partial charge in [-0.3, -0.25) is 9.35 Å². The van der Waals surface area contributed by atoms with Crippen molar-refractivity contribution in [3.05, 3.63) is 0 Å². The first kappa shape index (κ1) is 21.7. The van der Waals surface area contributed by atoms with Gasteiger partial charge in [0, 0.05) is 12.2 Å². The highest BCUT2D eigenvalue weighted by atomic mass is 32.2. The van der Waals surface area contributed by atoms with E-state index >= 15 is 0 Å². The summed E-state index contributed by atoms with van der Waals surface area (Å²) < 4.78 is 30.5. The molecule has 0 fully saturated rings. The van der Waals surface area contributed by atoms with E-state index in [1.807, 2.05) is 0 Å². The van der Waals surface area contributed by atoms with Gasteiger partial charge in [0.2, 0.25) is 5.91 Å². The van der Waals surface area contributed by atoms with Gasteiger partial charge < -0.3 is 5.32 Å². The fraction of sp³-hybridized carbons (Fsp3) is 0.933. The van der Waals surface area contributed by atoms with Gasteiger partial charge in [0.05, 0.1) is 11.3 Å². The molecule has 0 aromatic rings. The van der Waals surface area contributed by atoms with Crippen LogP contribution in [0.2, 0.25) is 0 Å². The number of carbonyl (C=O) groups is 1. The Bertz CT molecular complexity index is 408. The van der Waals surface area contributed by atoms with Crippen LogP contribution in [0.4, 0.5) is 0 Å². The first-order chi connectivity index (χ1) is 10.2. The highest BCUT2D eigenvalue weighted by Gasteiger charge is 2.26. The molecule has 22 heavy (non-hydrogen) atoms. The van der Waals surface area contributed by atoms with Gasteiger partial charge in [0.25, 0.3) is 10.1 Å². The molecule has 0 atom stereocenters. The largest absolute Gasteiger partial charge is 0.350 e. The van der Waals surface area contributed by atoms with E-state index in [0.29, 0.717) is 6.42 Å². The lowest BCUT2D eigenvalue weighted by Crippen LogP contribution is -2.48. The van der Waals surface area contributed by atoms with Crippen LogP contribution in [0.3, 0.4) is 0 Å². The van der Waals surface area contributed by atoms with Crippen molar-refractivity contribution in [1.82, 2.24) is 5.32 Å². The third-order valence-corrected chi connectivity index (χ3v) is 5.29. The van der Waals surface area contributed by atoms with Gasteiger partial charge >= 0.3 is 0 Å². The number of amides is 1. The minimum absolute atomic E-state index is 0.177. The summed E-state index contributed by atoms with van der Waals surface area (Å²) in [5, 5.41) is 2.65. The molecule has 0 aliphatic heterocycles. The Morgan fingerprint density at radius 1 is 1.09 bits per heavy atom. The van der Waals surface area contributed by atoms with E-state index in [0.717, 1.165) is 11.5 Å². The summed E-state index contributed by atoms with van der Waals surface area (Å²) >= 11 is 1.76. The summed E-state index contributed by atoms with van der Waals surface area (Å²) in [6.45, 7) is 5.38. The maximum absolute atomic E-state index is 11.8. The summed E-state index contributed by atoms with van der Waals surface area (Å²) in [6, 6.07) is 0. The van der Waals surface area contributed by atoms with Crippen molar-refractivity contribution in [2.45, 2.75) is 71.3 Å². The van der Waals surface area contributed by atoms with Gasteiger partial charge in [0.1, 0.15) is 0 Å². The first-order valence-corrected chi connectivity index (χ1v) is 10.8. The Labute approximate surface area is 139 Å². The quantitative estimate of drug-likeness (QED) is 0.392. The molecule has 1 amide bonds. The van der Waals surface area contributed by atoms with Crippen LogP contribution < -0.4 is 5.32 Å². The zero-order valence-corrected chi connectivity index (χ0v) is 15.7. The molecule has 0 radical (unpaired) electrons. The van der Waals surface area contributed by atoms with Crippen molar-refractivity contribution in [3.8, 4) is 0 Å². The van der Waals surface area contributed by atoms with Crippen molar-refractivity contribution in [2.24, 2.45) is 0 Å². The molecule has 0 aliphatic carbocycles. The lowest BCUT2D eigenvalue weighted by Gasteiger charge is -2.24. The third-order valence-electron chi connectivity index (χ3n) is 3.14. The zero-order chi connectivity index (χ0) is 17.1. The fourth-order valence-corrected chi connectivity index (χ4v) is 4.11. The second-order valence-corrected chi connectivity index (χ2v) is 8.97. The molecule has 0 aromatic heterocycles. The van der Waals surface area contributed by atoms with Crippen molar-refractivity contribution < 1.29 is 17.8 Å². The number of hydrogen-bond acceptors (Lipinski definition) is 4. The van der Waals surface area contributed by atoms with Gasteiger partial charge in [-0.25, -0.2) is 0 Å². The van der Waals surface area contributed by atoms with E-state index < -0.39 is 21.4 Å². The Morgan fingerprint density at radius 3 is 2.27 bits per heavy atom. The van der Waals surface area contributed by atoms with Crippen LogP contribution in [0.1, 0.15) is 65.7 Å². The molecular weight excluding hydrogens is 322 g/mol. The number of rotatable bonds is 13. The van der Waals surface area contributed by atoms with Crippen LogP contribution in [0.5, 0.6) is 0 Å². The highest BCUT2D eigenvalue weighted by Crippen LogP contribution is 2.11. The molecule has 7 heteroatoms. The molecule has 0 spiro atoms. The van der Waals surface area contributed by atoms with Gasteiger partial charge in [-0.05, 0) is 26.0 Å². The van der Waals surface area contributed by atoms with Crippen LogP contribution >= 0.6 is 11.8 Å². The molecular formula is C15H31NO4S2. The Balaban J connectivity index is 3.65. The number of carbonyl (C=O) groups excluding carboxylic acids is 1. The maximum Gasteiger partial charge on any atom is 0.267 e. The predicted octanol–water partition coefficient (Wildman–Crippen LogP) is 3.25. The summed E-state index contributed by atoms with van der Waals surface area (Å²) in [7, 11) is -4.09. The summed E-state index contributed by atoms with van der Waals surface area (Å²) in [6.07, 6.45) is 7.98. The van der Waals surface area contributed by atoms with Gasteiger partial charge in [-0.2, -0.15) is 20.2 Å². The van der Waals surface area contributed by atoms with Gasteiger partial charge in [-0.15, -0.1) is 0 Å². The van der Waals surface area contributed by atoms with Crippen molar-refractivity contribution in [1.29, 1.82) is 0 Å². The SMILES string of the molecule is CCCCCCCCSCCC(=O)NC(C)(C)CS(=O)(=O)O. The van der Waals surface area contributed by atoms with Crippen molar-refractivity contribution in [3.63, 3.8) is 0 Å². The maximum atomic E-state index is 11.8. The molecule has 0 unspecified atom stereocenters. The van der Waals surface area contributed by atoms with Crippen LogP contribution in [-0.2, 0) is 14.9 Å². The van der Waals surface area contributed by atoms with Gasteiger partial charge in [-0.1, -0.05) is 39.0 Å². The van der Waals surface area contributed by atoms with E-state index in [4.69, 9.17) is 4.55 Å². The Kier molecular flexibility index (Phi) is 11.2. The minimum Gasteiger partial charge on any atom is -0.350 e. The van der Waals surface area contributed by atoms with Crippen LogP contribution in [-0.4, -0.2) is 41.7 Å². The molecule has 0 bridgehead atoms. The monoisotopic (exact) mass is 353 g/mol. The topological polar surface area (TPSA) is 83.5 Å². The average Bonchev–Trinajstić information content (AvgIpc) is 2.33. The highest BCUT2D eigenvalue weighted by molar-refractivity contribution is 7.99. The molecule has 0 saturated heterocycles. The third kappa shape index (κ3) is 14.7. The van der Waals surface area contributed by atoms with E-state index in [1.54, 1.807) is 25.6 Å². The van der Waals surface area contributed by atoms with E-state index in [-0.39, 0.29) is 5.91 Å². The molecule has 2 N–H and O–H groups in total.